The fourth-order valence-electron chi connectivity index (χ4n) is 3.56. The van der Waals surface area contributed by atoms with Gasteiger partial charge in [0.2, 0.25) is 0 Å². The molecule has 17 heavy (non-hydrogen) atoms. The van der Waals surface area contributed by atoms with Crippen LogP contribution in [0.15, 0.2) is 30.3 Å². The van der Waals surface area contributed by atoms with Crippen molar-refractivity contribution in [2.45, 2.75) is 38.4 Å². The van der Waals surface area contributed by atoms with E-state index >= 15 is 0 Å². The van der Waals surface area contributed by atoms with Gasteiger partial charge in [-0.15, -0.1) is 0 Å². The molecule has 2 atom stereocenters. The van der Waals surface area contributed by atoms with Crippen LogP contribution in [0.1, 0.15) is 25.3 Å². The normalized spacial score (nSPS) is 29.7. The van der Waals surface area contributed by atoms with Gasteiger partial charge in [-0.3, -0.25) is 9.80 Å². The number of benzene rings is 1. The van der Waals surface area contributed by atoms with Crippen molar-refractivity contribution in [3.8, 4) is 0 Å². The van der Waals surface area contributed by atoms with Crippen molar-refractivity contribution in [2.24, 2.45) is 0 Å². The van der Waals surface area contributed by atoms with E-state index in [1.807, 2.05) is 0 Å². The summed E-state index contributed by atoms with van der Waals surface area (Å²) in [5.74, 6) is 0. The number of hydrogen-bond acceptors (Lipinski definition) is 2. The van der Waals surface area contributed by atoms with Crippen LogP contribution in [0.3, 0.4) is 0 Å². The van der Waals surface area contributed by atoms with E-state index in [-0.39, 0.29) is 0 Å². The molecule has 0 spiro atoms. The Labute approximate surface area is 104 Å². The average molecular weight is 230 g/mol. The molecule has 2 heterocycles. The molecule has 0 amide bonds. The van der Waals surface area contributed by atoms with Gasteiger partial charge in [-0.05, 0) is 24.9 Å². The highest BCUT2D eigenvalue weighted by molar-refractivity contribution is 5.15. The molecule has 2 aliphatic rings. The predicted molar refractivity (Wildman–Crippen MR) is 70.9 cm³/mol. The van der Waals surface area contributed by atoms with E-state index in [1.54, 1.807) is 0 Å². The van der Waals surface area contributed by atoms with Crippen molar-refractivity contribution in [1.82, 2.24) is 9.80 Å². The maximum Gasteiger partial charge on any atom is 0.0235 e. The molecule has 3 rings (SSSR count). The quantitative estimate of drug-likeness (QED) is 0.786. The van der Waals surface area contributed by atoms with Crippen LogP contribution in [0.4, 0.5) is 0 Å². The van der Waals surface area contributed by atoms with Crippen molar-refractivity contribution in [3.63, 3.8) is 0 Å². The number of nitrogens with zero attached hydrogens (tertiary/aromatic N) is 2. The Bertz CT molecular complexity index is 348. The number of rotatable bonds is 3. The fourth-order valence-corrected chi connectivity index (χ4v) is 3.56. The highest BCUT2D eigenvalue weighted by Gasteiger charge is 2.38. The van der Waals surface area contributed by atoms with E-state index in [9.17, 15) is 0 Å². The van der Waals surface area contributed by atoms with Gasteiger partial charge in [0.05, 0.1) is 0 Å². The van der Waals surface area contributed by atoms with Crippen LogP contribution in [-0.2, 0) is 6.54 Å². The Balaban J connectivity index is 1.65. The first kappa shape index (κ1) is 11.2. The van der Waals surface area contributed by atoms with Gasteiger partial charge >= 0.3 is 0 Å². The van der Waals surface area contributed by atoms with Gasteiger partial charge < -0.3 is 0 Å². The first-order valence-corrected chi connectivity index (χ1v) is 6.89. The molecule has 2 fully saturated rings. The van der Waals surface area contributed by atoms with Crippen LogP contribution in [-0.4, -0.2) is 41.5 Å². The molecular weight excluding hydrogens is 208 g/mol. The van der Waals surface area contributed by atoms with E-state index in [0.717, 1.165) is 18.6 Å². The van der Waals surface area contributed by atoms with Crippen molar-refractivity contribution in [2.75, 3.05) is 19.6 Å². The van der Waals surface area contributed by atoms with E-state index in [1.165, 1.54) is 38.0 Å². The molecule has 2 nitrogen and oxygen atoms in total. The number of hydrogen-bond donors (Lipinski definition) is 0. The molecule has 2 unspecified atom stereocenters. The van der Waals surface area contributed by atoms with Crippen molar-refractivity contribution < 1.29 is 0 Å². The summed E-state index contributed by atoms with van der Waals surface area (Å²) in [7, 11) is 0. The Morgan fingerprint density at radius 1 is 1.06 bits per heavy atom. The molecule has 2 aliphatic heterocycles. The second-order valence-electron chi connectivity index (χ2n) is 5.40. The van der Waals surface area contributed by atoms with Crippen LogP contribution in [0.25, 0.3) is 0 Å². The molecular formula is C15H22N2. The van der Waals surface area contributed by atoms with E-state index in [0.29, 0.717) is 0 Å². The van der Waals surface area contributed by atoms with Gasteiger partial charge in [0.15, 0.2) is 0 Å². The molecule has 0 aromatic heterocycles. The first-order valence-electron chi connectivity index (χ1n) is 6.89. The standard InChI is InChI=1S/C15H22N2/c1-2-17-14-8-9-15(17)12-16(11-14)10-13-6-4-3-5-7-13/h3-7,14-15H,2,8-12H2,1H3. The highest BCUT2D eigenvalue weighted by Crippen LogP contribution is 2.30. The summed E-state index contributed by atoms with van der Waals surface area (Å²) >= 11 is 0. The smallest absolute Gasteiger partial charge is 0.0235 e. The summed E-state index contributed by atoms with van der Waals surface area (Å²) in [6.45, 7) is 7.19. The lowest BCUT2D eigenvalue weighted by atomic mass is 10.1. The molecule has 2 heteroatoms. The van der Waals surface area contributed by atoms with Gasteiger partial charge in [-0.2, -0.15) is 0 Å². The summed E-state index contributed by atoms with van der Waals surface area (Å²) in [5, 5.41) is 0. The second-order valence-corrected chi connectivity index (χ2v) is 5.40. The first-order chi connectivity index (χ1) is 8.36. The molecule has 0 aliphatic carbocycles. The number of likely N-dealkylation sites (tertiary alicyclic amines) is 1. The predicted octanol–water partition coefficient (Wildman–Crippen LogP) is 2.36. The minimum Gasteiger partial charge on any atom is -0.296 e. The summed E-state index contributed by atoms with van der Waals surface area (Å²) in [6.07, 6.45) is 2.81. The van der Waals surface area contributed by atoms with Crippen molar-refractivity contribution >= 4 is 0 Å². The van der Waals surface area contributed by atoms with Gasteiger partial charge in [0, 0.05) is 31.7 Å². The van der Waals surface area contributed by atoms with Crippen LogP contribution in [0.5, 0.6) is 0 Å². The number of likely N-dealkylation sites (N-methyl/N-ethyl adjacent to an activating group) is 1. The van der Waals surface area contributed by atoms with Crippen LogP contribution in [0.2, 0.25) is 0 Å². The van der Waals surface area contributed by atoms with Crippen LogP contribution >= 0.6 is 0 Å². The lowest BCUT2D eigenvalue weighted by molar-refractivity contribution is 0.0670. The fraction of sp³-hybridized carbons (Fsp3) is 0.600. The van der Waals surface area contributed by atoms with Gasteiger partial charge in [0.1, 0.15) is 0 Å². The zero-order chi connectivity index (χ0) is 11.7. The minimum atomic E-state index is 0.822. The summed E-state index contributed by atoms with van der Waals surface area (Å²) in [4.78, 5) is 5.35. The van der Waals surface area contributed by atoms with E-state index in [4.69, 9.17) is 0 Å². The zero-order valence-electron chi connectivity index (χ0n) is 10.7. The SMILES string of the molecule is CCN1C2CCC1CN(Cc1ccccc1)C2. The van der Waals surface area contributed by atoms with Crippen molar-refractivity contribution in [1.29, 1.82) is 0 Å². The molecule has 0 saturated carbocycles. The molecule has 1 aromatic rings. The molecule has 2 bridgehead atoms. The maximum absolute atomic E-state index is 2.71. The Morgan fingerprint density at radius 2 is 1.71 bits per heavy atom. The summed E-state index contributed by atoms with van der Waals surface area (Å²) in [6, 6.07) is 12.5. The van der Waals surface area contributed by atoms with Crippen molar-refractivity contribution in [3.05, 3.63) is 35.9 Å². The average Bonchev–Trinajstić information content (AvgIpc) is 2.61. The third-order valence-corrected chi connectivity index (χ3v) is 4.32. The third kappa shape index (κ3) is 2.24. The monoisotopic (exact) mass is 230 g/mol. The van der Waals surface area contributed by atoms with Gasteiger partial charge in [-0.25, -0.2) is 0 Å². The van der Waals surface area contributed by atoms with Crippen LogP contribution in [0, 0.1) is 0 Å². The third-order valence-electron chi connectivity index (χ3n) is 4.32. The number of piperazine rings is 1. The lowest BCUT2D eigenvalue weighted by Gasteiger charge is -2.40. The number of fused-ring (bicyclic) bond motifs is 2. The zero-order valence-corrected chi connectivity index (χ0v) is 10.7. The maximum atomic E-state index is 2.71. The molecule has 1 aromatic carbocycles. The van der Waals surface area contributed by atoms with E-state index in [2.05, 4.69) is 47.1 Å². The molecule has 0 radical (unpaired) electrons. The summed E-state index contributed by atoms with van der Waals surface area (Å²) in [5.41, 5.74) is 1.46. The van der Waals surface area contributed by atoms with Gasteiger partial charge in [0.25, 0.3) is 0 Å². The minimum absolute atomic E-state index is 0.822. The molecule has 92 valence electrons. The highest BCUT2D eigenvalue weighted by atomic mass is 15.3. The molecule has 0 N–H and O–H groups in total. The topological polar surface area (TPSA) is 6.48 Å². The van der Waals surface area contributed by atoms with Crippen LogP contribution < -0.4 is 0 Å². The van der Waals surface area contributed by atoms with Gasteiger partial charge in [-0.1, -0.05) is 37.3 Å². The lowest BCUT2D eigenvalue weighted by Crippen LogP contribution is -2.53. The Kier molecular flexibility index (Phi) is 3.17. The van der Waals surface area contributed by atoms with E-state index < -0.39 is 0 Å². The summed E-state index contributed by atoms with van der Waals surface area (Å²) < 4.78 is 0. The molecule has 2 saturated heterocycles. The second kappa shape index (κ2) is 4.79. The Hall–Kier alpha value is -0.860. The largest absolute Gasteiger partial charge is 0.296 e. The Morgan fingerprint density at radius 3 is 2.29 bits per heavy atom.